The van der Waals surface area contributed by atoms with Gasteiger partial charge in [0.05, 0.1) is 0 Å². The summed E-state index contributed by atoms with van der Waals surface area (Å²) in [6.07, 6.45) is 1.05. The molecule has 2 aromatic rings. The Kier molecular flexibility index (Phi) is 4.41. The van der Waals surface area contributed by atoms with Crippen LogP contribution in [0.4, 0.5) is 0 Å². The van der Waals surface area contributed by atoms with Gasteiger partial charge in [0.25, 0.3) is 0 Å². The van der Waals surface area contributed by atoms with E-state index in [4.69, 9.17) is 4.74 Å². The Hall–Kier alpha value is -1.76. The largest absolute Gasteiger partial charge is 0.457 e. The molecule has 0 fully saturated rings. The molecule has 0 bridgehead atoms. The SMILES string of the molecule is CCc1ccc(Oc2ccc(C)cc2C(C)(C)C)c(C)c1. The van der Waals surface area contributed by atoms with Gasteiger partial charge in [0.1, 0.15) is 11.5 Å². The van der Waals surface area contributed by atoms with Crippen LogP contribution in [0.3, 0.4) is 0 Å². The second-order valence-electron chi connectivity index (χ2n) is 6.81. The van der Waals surface area contributed by atoms with Gasteiger partial charge in [-0.25, -0.2) is 0 Å². The van der Waals surface area contributed by atoms with Gasteiger partial charge in [0.15, 0.2) is 0 Å². The molecule has 112 valence electrons. The fraction of sp³-hybridized carbons (Fsp3) is 0.400. The zero-order valence-electron chi connectivity index (χ0n) is 14.1. The quantitative estimate of drug-likeness (QED) is 0.675. The van der Waals surface area contributed by atoms with Crippen LogP contribution in [0.25, 0.3) is 0 Å². The maximum absolute atomic E-state index is 6.22. The molecule has 0 saturated carbocycles. The molecule has 1 nitrogen and oxygen atoms in total. The smallest absolute Gasteiger partial charge is 0.131 e. The summed E-state index contributed by atoms with van der Waals surface area (Å²) in [6, 6.07) is 12.9. The van der Waals surface area contributed by atoms with Gasteiger partial charge in [-0.1, -0.05) is 57.5 Å². The Morgan fingerprint density at radius 1 is 0.905 bits per heavy atom. The number of aryl methyl sites for hydroxylation is 3. The molecular formula is C20H26O. The van der Waals surface area contributed by atoms with E-state index in [0.29, 0.717) is 0 Å². The third kappa shape index (κ3) is 3.66. The van der Waals surface area contributed by atoms with Gasteiger partial charge in [-0.2, -0.15) is 0 Å². The third-order valence-electron chi connectivity index (χ3n) is 3.81. The van der Waals surface area contributed by atoms with Crippen molar-refractivity contribution in [1.29, 1.82) is 0 Å². The van der Waals surface area contributed by atoms with E-state index in [0.717, 1.165) is 17.9 Å². The Morgan fingerprint density at radius 2 is 1.57 bits per heavy atom. The molecule has 1 heteroatoms. The van der Waals surface area contributed by atoms with Crippen molar-refractivity contribution in [2.45, 2.75) is 53.4 Å². The summed E-state index contributed by atoms with van der Waals surface area (Å²) in [5.74, 6) is 1.90. The molecular weight excluding hydrogens is 256 g/mol. The summed E-state index contributed by atoms with van der Waals surface area (Å²) in [4.78, 5) is 0. The van der Waals surface area contributed by atoms with Gasteiger partial charge in [-0.3, -0.25) is 0 Å². The van der Waals surface area contributed by atoms with Crippen molar-refractivity contribution in [1.82, 2.24) is 0 Å². The minimum atomic E-state index is 0.0681. The second kappa shape index (κ2) is 5.93. The Bertz CT molecular complexity index is 633. The molecule has 0 N–H and O–H groups in total. The summed E-state index contributed by atoms with van der Waals surface area (Å²) >= 11 is 0. The zero-order chi connectivity index (χ0) is 15.6. The van der Waals surface area contributed by atoms with Crippen LogP contribution in [0.15, 0.2) is 36.4 Å². The number of ether oxygens (including phenoxy) is 1. The Balaban J connectivity index is 2.40. The van der Waals surface area contributed by atoms with Crippen molar-refractivity contribution in [3.63, 3.8) is 0 Å². The van der Waals surface area contributed by atoms with E-state index < -0.39 is 0 Å². The Labute approximate surface area is 129 Å². The van der Waals surface area contributed by atoms with E-state index in [1.54, 1.807) is 0 Å². The third-order valence-corrected chi connectivity index (χ3v) is 3.81. The lowest BCUT2D eigenvalue weighted by Gasteiger charge is -2.23. The summed E-state index contributed by atoms with van der Waals surface area (Å²) < 4.78 is 6.22. The van der Waals surface area contributed by atoms with Crippen LogP contribution >= 0.6 is 0 Å². The van der Waals surface area contributed by atoms with Crippen LogP contribution in [-0.4, -0.2) is 0 Å². The highest BCUT2D eigenvalue weighted by Crippen LogP contribution is 2.36. The average molecular weight is 282 g/mol. The number of benzene rings is 2. The molecule has 2 rings (SSSR count). The lowest BCUT2D eigenvalue weighted by atomic mass is 9.85. The zero-order valence-corrected chi connectivity index (χ0v) is 14.1. The minimum absolute atomic E-state index is 0.0681. The number of hydrogen-bond acceptors (Lipinski definition) is 1. The molecule has 2 aromatic carbocycles. The number of hydrogen-bond donors (Lipinski definition) is 0. The molecule has 21 heavy (non-hydrogen) atoms. The first-order chi connectivity index (χ1) is 9.81. The van der Waals surface area contributed by atoms with Crippen LogP contribution in [0.2, 0.25) is 0 Å². The summed E-state index contributed by atoms with van der Waals surface area (Å²) in [7, 11) is 0. The predicted molar refractivity (Wildman–Crippen MR) is 90.5 cm³/mol. The van der Waals surface area contributed by atoms with Gasteiger partial charge >= 0.3 is 0 Å². The molecule has 0 aliphatic rings. The van der Waals surface area contributed by atoms with Gasteiger partial charge in [0, 0.05) is 5.56 Å². The highest BCUT2D eigenvalue weighted by atomic mass is 16.5. The molecule has 0 heterocycles. The lowest BCUT2D eigenvalue weighted by molar-refractivity contribution is 0.452. The first-order valence-corrected chi connectivity index (χ1v) is 7.69. The average Bonchev–Trinajstić information content (AvgIpc) is 2.41. The van der Waals surface area contributed by atoms with E-state index in [-0.39, 0.29) is 5.41 Å². The van der Waals surface area contributed by atoms with Gasteiger partial charge in [0.2, 0.25) is 0 Å². The first-order valence-electron chi connectivity index (χ1n) is 7.69. The van der Waals surface area contributed by atoms with Crippen LogP contribution in [-0.2, 0) is 11.8 Å². The van der Waals surface area contributed by atoms with Crippen molar-refractivity contribution in [3.8, 4) is 11.5 Å². The van der Waals surface area contributed by atoms with Gasteiger partial charge < -0.3 is 4.74 Å². The fourth-order valence-corrected chi connectivity index (χ4v) is 2.48. The maximum Gasteiger partial charge on any atom is 0.131 e. The highest BCUT2D eigenvalue weighted by molar-refractivity contribution is 5.46. The molecule has 0 radical (unpaired) electrons. The topological polar surface area (TPSA) is 9.23 Å². The van der Waals surface area contributed by atoms with E-state index >= 15 is 0 Å². The van der Waals surface area contributed by atoms with Crippen molar-refractivity contribution in [3.05, 3.63) is 58.7 Å². The molecule has 0 unspecified atom stereocenters. The fourth-order valence-electron chi connectivity index (χ4n) is 2.48. The molecule has 0 amide bonds. The van der Waals surface area contributed by atoms with Crippen molar-refractivity contribution in [2.75, 3.05) is 0 Å². The molecule has 0 aliphatic heterocycles. The van der Waals surface area contributed by atoms with Crippen LogP contribution in [0, 0.1) is 13.8 Å². The molecule has 0 aliphatic carbocycles. The van der Waals surface area contributed by atoms with E-state index in [1.807, 2.05) is 0 Å². The molecule has 0 atom stereocenters. The second-order valence-corrected chi connectivity index (χ2v) is 6.81. The maximum atomic E-state index is 6.22. The standard InChI is InChI=1S/C20H26O/c1-7-16-9-11-18(15(3)13-16)21-19-10-8-14(2)12-17(19)20(4,5)6/h8-13H,7H2,1-6H3. The first kappa shape index (κ1) is 15.6. The normalized spacial score (nSPS) is 11.5. The predicted octanol–water partition coefficient (Wildman–Crippen LogP) is 5.96. The summed E-state index contributed by atoms with van der Waals surface area (Å²) in [5, 5.41) is 0. The molecule has 0 saturated heterocycles. The summed E-state index contributed by atoms with van der Waals surface area (Å²) in [6.45, 7) is 13.1. The van der Waals surface area contributed by atoms with E-state index in [9.17, 15) is 0 Å². The van der Waals surface area contributed by atoms with Crippen molar-refractivity contribution in [2.24, 2.45) is 0 Å². The minimum Gasteiger partial charge on any atom is -0.457 e. The lowest BCUT2D eigenvalue weighted by Crippen LogP contribution is -2.13. The number of rotatable bonds is 3. The summed E-state index contributed by atoms with van der Waals surface area (Å²) in [5.41, 5.74) is 5.12. The highest BCUT2D eigenvalue weighted by Gasteiger charge is 2.19. The van der Waals surface area contributed by atoms with Gasteiger partial charge in [-0.15, -0.1) is 0 Å². The van der Waals surface area contributed by atoms with Crippen LogP contribution in [0.5, 0.6) is 11.5 Å². The van der Waals surface area contributed by atoms with E-state index in [1.165, 1.54) is 22.3 Å². The van der Waals surface area contributed by atoms with Crippen LogP contribution < -0.4 is 4.74 Å². The van der Waals surface area contributed by atoms with E-state index in [2.05, 4.69) is 77.9 Å². The molecule has 0 aromatic heterocycles. The van der Waals surface area contributed by atoms with Gasteiger partial charge in [-0.05, 0) is 48.9 Å². The Morgan fingerprint density at radius 3 is 2.14 bits per heavy atom. The van der Waals surface area contributed by atoms with Crippen LogP contribution in [0.1, 0.15) is 49.9 Å². The molecule has 0 spiro atoms. The monoisotopic (exact) mass is 282 g/mol. The van der Waals surface area contributed by atoms with Crippen molar-refractivity contribution >= 4 is 0 Å². The van der Waals surface area contributed by atoms with Crippen molar-refractivity contribution < 1.29 is 4.74 Å².